The van der Waals surface area contributed by atoms with E-state index >= 15 is 0 Å². The van der Waals surface area contributed by atoms with Crippen LogP contribution in [0.25, 0.3) is 10.4 Å². The van der Waals surface area contributed by atoms with Crippen LogP contribution in [0, 0.1) is 0 Å². The van der Waals surface area contributed by atoms with Gasteiger partial charge in [-0.1, -0.05) is 169 Å². The first kappa shape index (κ1) is 78.8. The van der Waals surface area contributed by atoms with Gasteiger partial charge in [-0.05, 0) is 121 Å². The molecule has 3 aliphatic heterocycles. The number of azide groups is 1. The van der Waals surface area contributed by atoms with E-state index in [0.717, 1.165) is 0 Å². The van der Waals surface area contributed by atoms with Gasteiger partial charge in [0, 0.05) is 11.5 Å². The Morgan fingerprint density at radius 1 is 0.295 bits per heavy atom. The van der Waals surface area contributed by atoms with Gasteiger partial charge in [0.25, 0.3) is 0 Å². The molecular formula is C84H73N3O25. The molecule has 112 heavy (non-hydrogen) atoms. The standard InChI is InChI=1S/C84H73N3O25/c85-87-86-47-28-48-98-83-71(111-80(96)59-43-24-8-25-44-59)69(109-78(94)57-39-20-6-21-40-57)67(107-76(92)55-35-16-4-17-36-55)63(103-83)51-100-82-68(108-77(93)56-37-18-5-19-38-56)64(88)65(105-74(90)53-31-12-2-13-32-53)61(102-82)50-101-84-72(112-81(97)60-45-26-9-27-46-60)70(110-79(95)58-41-22-7-23-42-58)66(106-75(91)54-33-14-3-15-34-54)62(104-84)49-99-73(89)52-29-10-1-11-30-52/h1-27,29-46,61-72,82-84,88H,28,47-51H2/t61-,62-,63-,64+,65-,66-,67-,68+,69+,70+,71+,72+,82+,83+,84+/m1/s1. The summed E-state index contributed by atoms with van der Waals surface area (Å²) in [4.78, 5) is 133. The first-order valence-corrected chi connectivity index (χ1v) is 35.5. The molecule has 3 aliphatic rings. The summed E-state index contributed by atoms with van der Waals surface area (Å²) in [5, 5.41) is 16.7. The van der Waals surface area contributed by atoms with Gasteiger partial charge in [0.1, 0.15) is 31.0 Å². The van der Waals surface area contributed by atoms with E-state index in [4.69, 9.17) is 71.1 Å². The van der Waals surface area contributed by atoms with Crippen LogP contribution in [0.5, 0.6) is 0 Å². The van der Waals surface area contributed by atoms with Crippen LogP contribution in [0.3, 0.4) is 0 Å². The number of benzene rings is 9. The fraction of sp³-hybridized carbons (Fsp3) is 0.250. The molecule has 12 rings (SSSR count). The first-order chi connectivity index (χ1) is 54.7. The Morgan fingerprint density at radius 3 is 0.830 bits per heavy atom. The number of esters is 9. The summed E-state index contributed by atoms with van der Waals surface area (Å²) in [6.07, 6.45) is -28.8. The molecule has 0 aromatic heterocycles. The Balaban J connectivity index is 0.956. The minimum Gasteiger partial charge on any atom is -0.459 e. The predicted molar refractivity (Wildman–Crippen MR) is 390 cm³/mol. The Morgan fingerprint density at radius 2 is 0.527 bits per heavy atom. The van der Waals surface area contributed by atoms with Gasteiger partial charge in [-0.3, -0.25) is 0 Å². The van der Waals surface area contributed by atoms with E-state index in [9.17, 15) is 53.8 Å². The Labute approximate surface area is 640 Å². The molecule has 0 spiro atoms. The summed E-state index contributed by atoms with van der Waals surface area (Å²) in [6.45, 7) is -2.99. The van der Waals surface area contributed by atoms with Gasteiger partial charge >= 0.3 is 53.7 Å². The van der Waals surface area contributed by atoms with E-state index in [1.807, 2.05) is 0 Å². The van der Waals surface area contributed by atoms with Crippen LogP contribution in [0.2, 0.25) is 0 Å². The highest BCUT2D eigenvalue weighted by molar-refractivity contribution is 5.94. The molecule has 0 saturated carbocycles. The number of carbonyl (C=O) groups is 9. The summed E-state index contributed by atoms with van der Waals surface area (Å²) in [5.41, 5.74) is 9.11. The van der Waals surface area contributed by atoms with Gasteiger partial charge in [0.2, 0.25) is 0 Å². The predicted octanol–water partition coefficient (Wildman–Crippen LogP) is 10.9. The van der Waals surface area contributed by atoms with Crippen molar-refractivity contribution in [1.82, 2.24) is 0 Å². The van der Waals surface area contributed by atoms with E-state index in [1.165, 1.54) is 133 Å². The maximum atomic E-state index is 14.7. The third kappa shape index (κ3) is 20.6. The third-order valence-electron chi connectivity index (χ3n) is 17.8. The van der Waals surface area contributed by atoms with Crippen LogP contribution in [0.15, 0.2) is 278 Å². The number of carbonyl (C=O) groups excluding carboxylic acids is 9. The first-order valence-electron chi connectivity index (χ1n) is 35.5. The molecule has 0 bridgehead atoms. The van der Waals surface area contributed by atoms with Crippen molar-refractivity contribution in [3.63, 3.8) is 0 Å². The molecule has 3 saturated heterocycles. The number of ether oxygens (including phenoxy) is 15. The van der Waals surface area contributed by atoms with Crippen molar-refractivity contribution >= 4 is 53.7 Å². The summed E-state index contributed by atoms with van der Waals surface area (Å²) >= 11 is 0. The van der Waals surface area contributed by atoms with Gasteiger partial charge in [-0.25, -0.2) is 43.2 Å². The van der Waals surface area contributed by atoms with Crippen molar-refractivity contribution in [1.29, 1.82) is 0 Å². The summed E-state index contributed by atoms with van der Waals surface area (Å²) in [6, 6.07) is 68.6. The van der Waals surface area contributed by atoms with Crippen LogP contribution in [0.1, 0.15) is 99.6 Å². The van der Waals surface area contributed by atoms with Crippen molar-refractivity contribution in [3.8, 4) is 0 Å². The topological polar surface area (TPSA) is 361 Å². The number of nitrogens with zero attached hydrogens (tertiary/aromatic N) is 3. The van der Waals surface area contributed by atoms with Gasteiger partial charge in [0.15, 0.2) is 67.7 Å². The van der Waals surface area contributed by atoms with E-state index in [2.05, 4.69) is 10.0 Å². The zero-order valence-corrected chi connectivity index (χ0v) is 59.5. The lowest BCUT2D eigenvalue weighted by atomic mass is 9.96. The fourth-order valence-corrected chi connectivity index (χ4v) is 12.2. The maximum absolute atomic E-state index is 14.7. The highest BCUT2D eigenvalue weighted by Gasteiger charge is 2.58. The summed E-state index contributed by atoms with van der Waals surface area (Å²) in [7, 11) is 0. The zero-order valence-electron chi connectivity index (χ0n) is 59.5. The number of hydrogen-bond donors (Lipinski definition) is 1. The maximum Gasteiger partial charge on any atom is 0.338 e. The van der Waals surface area contributed by atoms with Crippen LogP contribution in [-0.2, 0) is 71.1 Å². The highest BCUT2D eigenvalue weighted by atomic mass is 16.8. The molecule has 1 N–H and O–H groups in total. The number of aliphatic hydroxyl groups excluding tert-OH is 1. The van der Waals surface area contributed by atoms with E-state index in [-0.39, 0.29) is 69.6 Å². The fourth-order valence-electron chi connectivity index (χ4n) is 12.2. The van der Waals surface area contributed by atoms with Crippen LogP contribution in [0.4, 0.5) is 0 Å². The SMILES string of the molecule is [N-]=[N+]=NCCCO[C@H]1O[C@H](CO[C@H]2O[C@H](CO[C@H]3O[C@H](COC(=O)c4ccccc4)[C@@H](OC(=O)c4ccccc4)[C@H](OC(=O)c4ccccc4)[C@@H]3OC(=O)c3ccccc3)[C@@H](OC(=O)c3ccccc3)[C@H](O)[C@@H]2OC(=O)c2ccccc2)[C@@H](OC(=O)c2ccccc2)[C@H](OC(=O)c2ccccc2)[C@@H]1OC(=O)c1ccccc1. The molecule has 0 radical (unpaired) electrons. The van der Waals surface area contributed by atoms with E-state index < -0.39 is 166 Å². The normalized spacial score (nSPS) is 23.1. The van der Waals surface area contributed by atoms with Gasteiger partial charge in [0.05, 0.1) is 69.9 Å². The number of aliphatic hydroxyl groups is 1. The highest BCUT2D eigenvalue weighted by Crippen LogP contribution is 2.37. The van der Waals surface area contributed by atoms with Crippen molar-refractivity contribution in [2.24, 2.45) is 5.11 Å². The third-order valence-corrected chi connectivity index (χ3v) is 17.8. The lowest BCUT2D eigenvalue weighted by Gasteiger charge is -2.47. The molecule has 15 atom stereocenters. The number of hydrogen-bond acceptors (Lipinski definition) is 26. The van der Waals surface area contributed by atoms with Crippen molar-refractivity contribution in [3.05, 3.63) is 334 Å². The summed E-state index contributed by atoms with van der Waals surface area (Å²) < 4.78 is 95.8. The van der Waals surface area contributed by atoms with Crippen molar-refractivity contribution in [2.45, 2.75) is 98.5 Å². The van der Waals surface area contributed by atoms with Gasteiger partial charge in [-0.2, -0.15) is 0 Å². The Kier molecular flexibility index (Phi) is 27.5. The monoisotopic (exact) mass is 1520 g/mol. The summed E-state index contributed by atoms with van der Waals surface area (Å²) in [5.74, 6) is -9.12. The molecule has 9 aromatic carbocycles. The Hall–Kier alpha value is -12.8. The quantitative estimate of drug-likeness (QED) is 0.0109. The minimum absolute atomic E-state index is 0.00491. The van der Waals surface area contributed by atoms with Crippen LogP contribution in [-0.4, -0.2) is 184 Å². The molecule has 28 heteroatoms. The molecule has 0 unspecified atom stereocenters. The average molecular weight is 1520 g/mol. The van der Waals surface area contributed by atoms with E-state index in [0.29, 0.717) is 0 Å². The van der Waals surface area contributed by atoms with Crippen molar-refractivity contribution < 1.29 is 119 Å². The molecule has 9 aromatic rings. The lowest BCUT2D eigenvalue weighted by molar-refractivity contribution is -0.340. The lowest BCUT2D eigenvalue weighted by Crippen LogP contribution is -2.65. The molecule has 0 aliphatic carbocycles. The molecule has 3 heterocycles. The minimum atomic E-state index is -2.22. The number of rotatable bonds is 30. The molecule has 574 valence electrons. The largest absolute Gasteiger partial charge is 0.459 e. The molecular weight excluding hydrogens is 1450 g/mol. The average Bonchev–Trinajstić information content (AvgIpc) is 0.771. The molecule has 28 nitrogen and oxygen atoms in total. The molecule has 3 fully saturated rings. The van der Waals surface area contributed by atoms with Gasteiger partial charge in [-0.15, -0.1) is 0 Å². The van der Waals surface area contributed by atoms with Crippen LogP contribution < -0.4 is 0 Å². The van der Waals surface area contributed by atoms with E-state index in [1.54, 1.807) is 140 Å². The smallest absolute Gasteiger partial charge is 0.338 e. The van der Waals surface area contributed by atoms with Crippen LogP contribution >= 0.6 is 0 Å². The molecule has 0 amide bonds. The second kappa shape index (κ2) is 39.0. The second-order valence-electron chi connectivity index (χ2n) is 25.3. The van der Waals surface area contributed by atoms with Crippen molar-refractivity contribution in [2.75, 3.05) is 33.0 Å². The zero-order chi connectivity index (χ0) is 78.1. The van der Waals surface area contributed by atoms with Gasteiger partial charge < -0.3 is 76.2 Å². The Bertz CT molecular complexity index is 4680. The second-order valence-corrected chi connectivity index (χ2v) is 25.3.